The Balaban J connectivity index is 2.33. The summed E-state index contributed by atoms with van der Waals surface area (Å²) in [5, 5.41) is 18.1. The Kier molecular flexibility index (Phi) is 5.83. The SMILES string of the molecule is COC(=O)c1cc([N+](=O)[O-])ccc1Oc1cccc(C=NN=C(N)N)c1. The van der Waals surface area contributed by atoms with E-state index in [1.807, 2.05) is 0 Å². The van der Waals surface area contributed by atoms with E-state index >= 15 is 0 Å². The molecule has 0 aliphatic rings. The van der Waals surface area contributed by atoms with Gasteiger partial charge in [-0.1, -0.05) is 12.1 Å². The van der Waals surface area contributed by atoms with Crippen LogP contribution in [0.1, 0.15) is 15.9 Å². The normalized spacial score (nSPS) is 10.3. The lowest BCUT2D eigenvalue weighted by molar-refractivity contribution is -0.384. The molecule has 26 heavy (non-hydrogen) atoms. The number of nitrogens with zero attached hydrogens (tertiary/aromatic N) is 3. The molecule has 0 heterocycles. The second-order valence-corrected chi connectivity index (χ2v) is 4.87. The van der Waals surface area contributed by atoms with E-state index in [4.69, 9.17) is 16.2 Å². The van der Waals surface area contributed by atoms with Gasteiger partial charge in [0.2, 0.25) is 5.96 Å². The van der Waals surface area contributed by atoms with Gasteiger partial charge < -0.3 is 20.9 Å². The van der Waals surface area contributed by atoms with Gasteiger partial charge >= 0.3 is 5.97 Å². The van der Waals surface area contributed by atoms with Crippen molar-refractivity contribution >= 4 is 23.8 Å². The molecule has 0 aromatic heterocycles. The van der Waals surface area contributed by atoms with Crippen molar-refractivity contribution in [1.82, 2.24) is 0 Å². The summed E-state index contributed by atoms with van der Waals surface area (Å²) in [7, 11) is 1.17. The van der Waals surface area contributed by atoms with E-state index < -0.39 is 10.9 Å². The van der Waals surface area contributed by atoms with Gasteiger partial charge in [0.25, 0.3) is 5.69 Å². The molecule has 2 aromatic carbocycles. The van der Waals surface area contributed by atoms with Gasteiger partial charge in [0, 0.05) is 12.1 Å². The predicted octanol–water partition coefficient (Wildman–Crippen LogP) is 1.78. The standard InChI is InChI=1S/C16H15N5O5/c1-25-15(22)13-8-11(21(23)24)5-6-14(13)26-12-4-2-3-10(7-12)9-19-20-16(17)18/h2-9H,1H3,(H4,17,18,20). The highest BCUT2D eigenvalue weighted by atomic mass is 16.6. The molecule has 0 atom stereocenters. The third kappa shape index (κ3) is 4.77. The summed E-state index contributed by atoms with van der Waals surface area (Å²) in [6, 6.07) is 10.3. The molecule has 0 bridgehead atoms. The van der Waals surface area contributed by atoms with Crippen LogP contribution in [0.4, 0.5) is 5.69 Å². The van der Waals surface area contributed by atoms with Crippen molar-refractivity contribution < 1.29 is 19.2 Å². The van der Waals surface area contributed by atoms with E-state index in [-0.39, 0.29) is 23.0 Å². The first-order valence-corrected chi connectivity index (χ1v) is 7.17. The summed E-state index contributed by atoms with van der Waals surface area (Å²) in [5.74, 6) is -0.449. The van der Waals surface area contributed by atoms with Gasteiger partial charge in [-0.2, -0.15) is 5.10 Å². The molecule has 10 nitrogen and oxygen atoms in total. The average Bonchev–Trinajstić information content (AvgIpc) is 2.61. The Morgan fingerprint density at radius 1 is 1.23 bits per heavy atom. The Hall–Kier alpha value is -3.95. The maximum absolute atomic E-state index is 11.9. The third-order valence-corrected chi connectivity index (χ3v) is 3.05. The molecule has 0 aliphatic carbocycles. The fourth-order valence-corrected chi connectivity index (χ4v) is 1.94. The molecule has 2 rings (SSSR count). The lowest BCUT2D eigenvalue weighted by Gasteiger charge is -2.10. The van der Waals surface area contributed by atoms with Crippen molar-refractivity contribution in [2.45, 2.75) is 0 Å². The molecule has 0 amide bonds. The van der Waals surface area contributed by atoms with Crippen LogP contribution in [0.2, 0.25) is 0 Å². The molecular formula is C16H15N5O5. The summed E-state index contributed by atoms with van der Waals surface area (Å²) < 4.78 is 10.3. The fraction of sp³-hybridized carbons (Fsp3) is 0.0625. The van der Waals surface area contributed by atoms with Gasteiger partial charge in [-0.15, -0.1) is 5.10 Å². The Morgan fingerprint density at radius 3 is 2.65 bits per heavy atom. The van der Waals surface area contributed by atoms with Crippen LogP contribution in [0.3, 0.4) is 0 Å². The highest BCUT2D eigenvalue weighted by Gasteiger charge is 2.19. The van der Waals surface area contributed by atoms with Crippen LogP contribution in [0.15, 0.2) is 52.7 Å². The van der Waals surface area contributed by atoms with E-state index in [0.717, 1.165) is 6.07 Å². The average molecular weight is 357 g/mol. The van der Waals surface area contributed by atoms with Crippen LogP contribution < -0.4 is 16.2 Å². The molecule has 4 N–H and O–H groups in total. The number of nitrogens with two attached hydrogens (primary N) is 2. The minimum Gasteiger partial charge on any atom is -0.465 e. The predicted molar refractivity (Wildman–Crippen MR) is 94.4 cm³/mol. The van der Waals surface area contributed by atoms with Crippen LogP contribution in [-0.4, -0.2) is 30.2 Å². The minimum atomic E-state index is -0.755. The molecule has 10 heteroatoms. The van der Waals surface area contributed by atoms with Crippen molar-refractivity contribution in [2.75, 3.05) is 7.11 Å². The maximum atomic E-state index is 11.9. The molecule has 0 aliphatic heterocycles. The van der Waals surface area contributed by atoms with Gasteiger partial charge in [-0.25, -0.2) is 4.79 Å². The molecule has 2 aromatic rings. The fourth-order valence-electron chi connectivity index (χ4n) is 1.94. The number of non-ortho nitro benzene ring substituents is 1. The van der Waals surface area contributed by atoms with Gasteiger partial charge in [-0.3, -0.25) is 10.1 Å². The van der Waals surface area contributed by atoms with E-state index in [2.05, 4.69) is 14.9 Å². The molecule has 0 spiro atoms. The van der Waals surface area contributed by atoms with Crippen molar-refractivity contribution in [1.29, 1.82) is 0 Å². The van der Waals surface area contributed by atoms with Crippen molar-refractivity contribution in [2.24, 2.45) is 21.7 Å². The quantitative estimate of drug-likeness (QED) is 0.262. The molecule has 134 valence electrons. The van der Waals surface area contributed by atoms with Crippen molar-refractivity contribution in [3.8, 4) is 11.5 Å². The summed E-state index contributed by atoms with van der Waals surface area (Å²) in [5.41, 5.74) is 10.7. The lowest BCUT2D eigenvalue weighted by Crippen LogP contribution is -2.21. The zero-order valence-corrected chi connectivity index (χ0v) is 13.7. The maximum Gasteiger partial charge on any atom is 0.341 e. The van der Waals surface area contributed by atoms with E-state index in [1.54, 1.807) is 24.3 Å². The number of carbonyl (C=O) groups excluding carboxylic acids is 1. The topological polar surface area (TPSA) is 155 Å². The minimum absolute atomic E-state index is 0.0683. The number of nitro benzene ring substituents is 1. The van der Waals surface area contributed by atoms with Crippen LogP contribution in [0.5, 0.6) is 11.5 Å². The van der Waals surface area contributed by atoms with Crippen LogP contribution in [0, 0.1) is 10.1 Å². The van der Waals surface area contributed by atoms with Crippen LogP contribution >= 0.6 is 0 Å². The number of hydrogen-bond donors (Lipinski definition) is 2. The van der Waals surface area contributed by atoms with Crippen LogP contribution in [0.25, 0.3) is 0 Å². The van der Waals surface area contributed by atoms with Gasteiger partial charge in [-0.05, 0) is 23.8 Å². The first-order valence-electron chi connectivity index (χ1n) is 7.17. The smallest absolute Gasteiger partial charge is 0.341 e. The summed E-state index contributed by atoms with van der Waals surface area (Å²) in [4.78, 5) is 22.2. The molecular weight excluding hydrogens is 342 g/mol. The van der Waals surface area contributed by atoms with Gasteiger partial charge in [0.15, 0.2) is 0 Å². The largest absolute Gasteiger partial charge is 0.465 e. The number of methoxy groups -OCH3 is 1. The van der Waals surface area contributed by atoms with Gasteiger partial charge in [0.05, 0.1) is 18.2 Å². The summed E-state index contributed by atoms with van der Waals surface area (Å²) in [6.45, 7) is 0. The first-order chi connectivity index (χ1) is 12.4. The molecule has 0 unspecified atom stereocenters. The third-order valence-electron chi connectivity index (χ3n) is 3.05. The summed E-state index contributed by atoms with van der Waals surface area (Å²) >= 11 is 0. The zero-order valence-electron chi connectivity index (χ0n) is 13.7. The molecule has 0 saturated carbocycles. The van der Waals surface area contributed by atoms with E-state index in [0.29, 0.717) is 11.3 Å². The number of benzene rings is 2. The van der Waals surface area contributed by atoms with E-state index in [1.165, 1.54) is 25.5 Å². The second-order valence-electron chi connectivity index (χ2n) is 4.87. The zero-order chi connectivity index (χ0) is 19.1. The highest BCUT2D eigenvalue weighted by molar-refractivity contribution is 5.93. The highest BCUT2D eigenvalue weighted by Crippen LogP contribution is 2.29. The summed E-state index contributed by atoms with van der Waals surface area (Å²) in [6.07, 6.45) is 1.41. The van der Waals surface area contributed by atoms with Crippen LogP contribution in [-0.2, 0) is 4.74 Å². The molecule has 0 saturated heterocycles. The molecule has 0 fully saturated rings. The number of ether oxygens (including phenoxy) is 2. The number of hydrogen-bond acceptors (Lipinski definition) is 7. The Morgan fingerprint density at radius 2 is 2.00 bits per heavy atom. The number of carbonyl (C=O) groups is 1. The number of rotatable bonds is 6. The number of nitro groups is 1. The number of guanidine groups is 1. The Labute approximate surface area is 147 Å². The first kappa shape index (κ1) is 18.4. The van der Waals surface area contributed by atoms with Crippen molar-refractivity contribution in [3.05, 3.63) is 63.7 Å². The van der Waals surface area contributed by atoms with E-state index in [9.17, 15) is 14.9 Å². The monoisotopic (exact) mass is 357 g/mol. The van der Waals surface area contributed by atoms with Gasteiger partial charge in [0.1, 0.15) is 17.1 Å². The number of esters is 1. The molecule has 0 radical (unpaired) electrons. The lowest BCUT2D eigenvalue weighted by atomic mass is 10.1. The Bertz CT molecular complexity index is 890. The van der Waals surface area contributed by atoms with Crippen molar-refractivity contribution in [3.63, 3.8) is 0 Å². The second kappa shape index (κ2) is 8.24.